The SMILES string of the molecule is C1=CC=CCC=C1.C[C]1[C](C)[C](C)[C](C)[C]1C.C[C]1[C](C)[C](C)[C](C)[C]1C.[Co].[Co]. The molecule has 164 valence electrons. The molecule has 0 aliphatic heterocycles. The Morgan fingerprint density at radius 1 is 0.345 bits per heavy atom. The van der Waals surface area contributed by atoms with Gasteiger partial charge in [-0.05, 0) is 65.6 Å². The first kappa shape index (κ1) is 31.4. The van der Waals surface area contributed by atoms with E-state index < -0.39 is 0 Å². The molecule has 0 N–H and O–H groups in total. The van der Waals surface area contributed by atoms with Gasteiger partial charge in [-0.15, -0.1) is 0 Å². The molecule has 2 saturated carbocycles. The summed E-state index contributed by atoms with van der Waals surface area (Å²) >= 11 is 0. The second-order valence-corrected chi connectivity index (χ2v) is 7.73. The van der Waals surface area contributed by atoms with E-state index >= 15 is 0 Å². The Hall–Kier alpha value is 0.233. The van der Waals surface area contributed by atoms with Crippen molar-refractivity contribution in [1.29, 1.82) is 0 Å². The van der Waals surface area contributed by atoms with Crippen molar-refractivity contribution in [2.24, 2.45) is 0 Å². The van der Waals surface area contributed by atoms with Crippen LogP contribution in [0.25, 0.3) is 0 Å². The van der Waals surface area contributed by atoms with Crippen LogP contribution in [-0.4, -0.2) is 0 Å². The average Bonchev–Trinajstić information content (AvgIpc) is 2.96. The van der Waals surface area contributed by atoms with Crippen LogP contribution in [0.4, 0.5) is 0 Å². The van der Waals surface area contributed by atoms with E-state index in [0.717, 1.165) is 6.42 Å². The fourth-order valence-electron chi connectivity index (χ4n) is 3.33. The van der Waals surface area contributed by atoms with Crippen LogP contribution < -0.4 is 0 Å². The van der Waals surface area contributed by atoms with Crippen LogP contribution in [0.3, 0.4) is 0 Å². The zero-order valence-electron chi connectivity index (χ0n) is 19.8. The molecule has 0 unspecified atom stereocenters. The topological polar surface area (TPSA) is 0 Å². The first-order chi connectivity index (χ1) is 12.6. The van der Waals surface area contributed by atoms with Crippen molar-refractivity contribution in [3.05, 3.63) is 95.6 Å². The van der Waals surface area contributed by atoms with Crippen molar-refractivity contribution in [3.63, 3.8) is 0 Å². The molecule has 0 spiro atoms. The normalized spacial score (nSPS) is 23.8. The van der Waals surface area contributed by atoms with E-state index in [0.29, 0.717) is 0 Å². The summed E-state index contributed by atoms with van der Waals surface area (Å²) in [4.78, 5) is 0. The summed E-state index contributed by atoms with van der Waals surface area (Å²) in [6.07, 6.45) is 13.5. The molecule has 3 rings (SSSR count). The van der Waals surface area contributed by atoms with Gasteiger partial charge >= 0.3 is 0 Å². The van der Waals surface area contributed by atoms with Crippen LogP contribution in [-0.2, 0) is 33.6 Å². The van der Waals surface area contributed by atoms with E-state index in [9.17, 15) is 0 Å². The molecule has 0 aromatic carbocycles. The van der Waals surface area contributed by atoms with Crippen molar-refractivity contribution in [3.8, 4) is 0 Å². The first-order valence-electron chi connectivity index (χ1n) is 9.98. The van der Waals surface area contributed by atoms with E-state index in [1.807, 2.05) is 12.2 Å². The number of rotatable bonds is 0. The van der Waals surface area contributed by atoms with Crippen molar-refractivity contribution in [2.75, 3.05) is 0 Å². The molecular weight excluding hydrogens is 442 g/mol. The van der Waals surface area contributed by atoms with Gasteiger partial charge in [0.1, 0.15) is 0 Å². The van der Waals surface area contributed by atoms with Crippen molar-refractivity contribution >= 4 is 0 Å². The molecule has 3 aliphatic carbocycles. The monoisotopic (exact) mass is 480 g/mol. The Morgan fingerprint density at radius 3 is 0.690 bits per heavy atom. The van der Waals surface area contributed by atoms with Gasteiger partial charge in [0, 0.05) is 33.6 Å². The summed E-state index contributed by atoms with van der Waals surface area (Å²) in [5, 5.41) is 0. The predicted molar refractivity (Wildman–Crippen MR) is 121 cm³/mol. The first-order valence-corrected chi connectivity index (χ1v) is 9.98. The van der Waals surface area contributed by atoms with Gasteiger partial charge in [0.25, 0.3) is 0 Å². The van der Waals surface area contributed by atoms with Crippen molar-refractivity contribution < 1.29 is 33.6 Å². The van der Waals surface area contributed by atoms with Gasteiger partial charge in [0.05, 0.1) is 0 Å². The van der Waals surface area contributed by atoms with Crippen LogP contribution >= 0.6 is 0 Å². The molecule has 0 aromatic rings. The average molecular weight is 480 g/mol. The summed E-state index contributed by atoms with van der Waals surface area (Å²) in [7, 11) is 0. The Balaban J connectivity index is 0. The third-order valence-corrected chi connectivity index (χ3v) is 6.50. The number of allylic oxidation sites excluding steroid dienone is 6. The fraction of sp³-hybridized carbons (Fsp3) is 0.407. The van der Waals surface area contributed by atoms with E-state index in [1.54, 1.807) is 0 Å². The van der Waals surface area contributed by atoms with Gasteiger partial charge in [-0.2, -0.15) is 0 Å². The smallest absolute Gasteiger partial charge is 0 e. The third-order valence-electron chi connectivity index (χ3n) is 6.50. The molecule has 0 heterocycles. The molecular formula is C27H38Co2. The number of hydrogen-bond donors (Lipinski definition) is 0. The molecule has 3 aliphatic rings. The van der Waals surface area contributed by atoms with E-state index in [1.165, 1.54) is 59.2 Å². The molecule has 29 heavy (non-hydrogen) atoms. The Labute approximate surface area is 204 Å². The molecule has 2 fully saturated rings. The maximum atomic E-state index is 2.20. The van der Waals surface area contributed by atoms with E-state index in [4.69, 9.17) is 0 Å². The quantitative estimate of drug-likeness (QED) is 0.330. The minimum Gasteiger partial charge on any atom is -0.0807 e. The summed E-state index contributed by atoms with van der Waals surface area (Å²) in [5.41, 5.74) is 0. The molecule has 0 atom stereocenters. The van der Waals surface area contributed by atoms with Crippen LogP contribution in [0, 0.1) is 59.2 Å². The van der Waals surface area contributed by atoms with Gasteiger partial charge in [-0.25, -0.2) is 0 Å². The molecule has 0 bridgehead atoms. The summed E-state index contributed by atoms with van der Waals surface area (Å²) < 4.78 is 0. The van der Waals surface area contributed by atoms with Crippen LogP contribution in [0.1, 0.15) is 75.7 Å². The second-order valence-electron chi connectivity index (χ2n) is 7.73. The predicted octanol–water partition coefficient (Wildman–Crippen LogP) is 8.00. The van der Waals surface area contributed by atoms with Gasteiger partial charge in [0.15, 0.2) is 0 Å². The summed E-state index contributed by atoms with van der Waals surface area (Å²) in [5.74, 6) is 14.7. The van der Waals surface area contributed by atoms with Crippen molar-refractivity contribution in [2.45, 2.75) is 75.7 Å². The molecule has 0 aromatic heterocycles. The maximum Gasteiger partial charge on any atom is 0 e. The van der Waals surface area contributed by atoms with Crippen LogP contribution in [0.15, 0.2) is 36.5 Å². The zero-order chi connectivity index (χ0) is 20.7. The summed E-state index contributed by atoms with van der Waals surface area (Å²) in [6.45, 7) is 22.0. The number of hydrogen-bond acceptors (Lipinski definition) is 0. The van der Waals surface area contributed by atoms with E-state index in [-0.39, 0.29) is 33.6 Å². The third kappa shape index (κ3) is 8.71. The maximum absolute atomic E-state index is 2.20. The molecule has 0 nitrogen and oxygen atoms in total. The van der Waals surface area contributed by atoms with Gasteiger partial charge in [-0.3, -0.25) is 0 Å². The zero-order valence-corrected chi connectivity index (χ0v) is 21.9. The molecule has 0 saturated heterocycles. The second kappa shape index (κ2) is 15.1. The van der Waals surface area contributed by atoms with Gasteiger partial charge in [-0.1, -0.05) is 106 Å². The largest absolute Gasteiger partial charge is 0.0807 e. The molecule has 2 heteroatoms. The summed E-state index contributed by atoms with van der Waals surface area (Å²) in [6, 6.07) is 0. The Kier molecular flexibility index (Phi) is 16.4. The van der Waals surface area contributed by atoms with Crippen LogP contribution in [0.5, 0.6) is 0 Å². The standard InChI is InChI=1S/2C10H15.C7H8.2Co/c2*1-6-7(2)9(4)10(5)8(6)3;1-2-4-6-7-5-3-1;;/h2*1-5H3;1-6H,7H2;;. The van der Waals surface area contributed by atoms with E-state index in [2.05, 4.69) is 93.5 Å². The Morgan fingerprint density at radius 2 is 0.517 bits per heavy atom. The molecule has 12 radical (unpaired) electrons. The fourth-order valence-corrected chi connectivity index (χ4v) is 3.33. The molecule has 0 amide bonds. The van der Waals surface area contributed by atoms with Crippen LogP contribution in [0.2, 0.25) is 0 Å². The van der Waals surface area contributed by atoms with Crippen molar-refractivity contribution in [1.82, 2.24) is 0 Å². The Bertz CT molecular complexity index is 373. The van der Waals surface area contributed by atoms with Gasteiger partial charge in [0.2, 0.25) is 0 Å². The minimum atomic E-state index is 0. The van der Waals surface area contributed by atoms with Gasteiger partial charge < -0.3 is 0 Å². The minimum absolute atomic E-state index is 0.